The molecule has 6 atom stereocenters. The van der Waals surface area contributed by atoms with Crippen LogP contribution in [0.25, 0.3) is 0 Å². The van der Waals surface area contributed by atoms with Crippen LogP contribution >= 0.6 is 0 Å². The van der Waals surface area contributed by atoms with E-state index in [0.29, 0.717) is 23.0 Å². The first-order valence-corrected chi connectivity index (χ1v) is 9.59. The third kappa shape index (κ3) is 2.06. The first kappa shape index (κ1) is 15.6. The number of rotatable bonds is 1. The Hall–Kier alpha value is -0.920. The third-order valence-corrected chi connectivity index (χ3v) is 8.48. The second-order valence-corrected chi connectivity index (χ2v) is 9.27. The molecular weight excluding hydrogens is 284 g/mol. The summed E-state index contributed by atoms with van der Waals surface area (Å²) < 4.78 is 0. The van der Waals surface area contributed by atoms with Gasteiger partial charge in [-0.3, -0.25) is 9.59 Å². The fourth-order valence-electron chi connectivity index (χ4n) is 6.94. The molecule has 4 aliphatic carbocycles. The fraction of sp³-hybridized carbons (Fsp3) is 0.810. The summed E-state index contributed by atoms with van der Waals surface area (Å²) in [6.07, 6.45) is 11.1. The largest absolute Gasteiger partial charge is 0.299 e. The van der Waals surface area contributed by atoms with E-state index in [-0.39, 0.29) is 11.2 Å². The van der Waals surface area contributed by atoms with Crippen molar-refractivity contribution in [3.8, 4) is 0 Å². The van der Waals surface area contributed by atoms with Gasteiger partial charge in [0.15, 0.2) is 5.78 Å². The van der Waals surface area contributed by atoms with Crippen molar-refractivity contribution in [1.29, 1.82) is 0 Å². The third-order valence-electron chi connectivity index (χ3n) is 8.48. The maximum Gasteiger partial charge on any atom is 0.155 e. The summed E-state index contributed by atoms with van der Waals surface area (Å²) in [6, 6.07) is 0. The van der Waals surface area contributed by atoms with Crippen LogP contribution in [0.3, 0.4) is 0 Å². The van der Waals surface area contributed by atoms with Crippen molar-refractivity contribution >= 4 is 11.6 Å². The molecule has 4 aliphatic rings. The second-order valence-electron chi connectivity index (χ2n) is 9.27. The molecule has 0 aromatic heterocycles. The number of carbonyl (C=O) groups is 2. The van der Waals surface area contributed by atoms with Crippen molar-refractivity contribution in [2.45, 2.75) is 72.1 Å². The van der Waals surface area contributed by atoms with Gasteiger partial charge in [0.05, 0.1) is 0 Å². The van der Waals surface area contributed by atoms with Crippen LogP contribution in [0.1, 0.15) is 72.1 Å². The van der Waals surface area contributed by atoms with Gasteiger partial charge in [-0.2, -0.15) is 0 Å². The molecule has 0 aromatic carbocycles. The highest BCUT2D eigenvalue weighted by molar-refractivity contribution is 5.93. The number of carbonyl (C=O) groups excluding carboxylic acids is 2. The Balaban J connectivity index is 1.64. The van der Waals surface area contributed by atoms with Gasteiger partial charge in [-0.1, -0.05) is 19.9 Å². The highest BCUT2D eigenvalue weighted by atomic mass is 16.1. The van der Waals surface area contributed by atoms with Gasteiger partial charge in [0.1, 0.15) is 5.78 Å². The topological polar surface area (TPSA) is 34.1 Å². The normalized spacial score (nSPS) is 49.0. The van der Waals surface area contributed by atoms with E-state index in [1.54, 1.807) is 6.92 Å². The standard InChI is InChI=1S/C21H30O2/c1-13(22)14-8-10-20(2)15(12-14)4-5-16-17-6-7-19(23)21(17,3)11-9-18(16)20/h8,15-18H,4-7,9-12H2,1-3H3/t15-,16-,17-,18-,20-,21-/m0/s1. The minimum Gasteiger partial charge on any atom is -0.299 e. The van der Waals surface area contributed by atoms with Crippen molar-refractivity contribution in [2.24, 2.45) is 34.5 Å². The van der Waals surface area contributed by atoms with Gasteiger partial charge >= 0.3 is 0 Å². The molecule has 0 radical (unpaired) electrons. The molecule has 2 nitrogen and oxygen atoms in total. The van der Waals surface area contributed by atoms with Crippen molar-refractivity contribution < 1.29 is 9.59 Å². The van der Waals surface area contributed by atoms with Gasteiger partial charge in [-0.25, -0.2) is 0 Å². The molecule has 4 rings (SSSR count). The van der Waals surface area contributed by atoms with Crippen LogP contribution in [0.15, 0.2) is 11.6 Å². The highest BCUT2D eigenvalue weighted by Gasteiger charge is 2.59. The van der Waals surface area contributed by atoms with Crippen molar-refractivity contribution in [1.82, 2.24) is 0 Å². The summed E-state index contributed by atoms with van der Waals surface area (Å²) in [5.74, 6) is 3.62. The maximum absolute atomic E-state index is 12.4. The Morgan fingerprint density at radius 2 is 1.91 bits per heavy atom. The molecule has 2 heteroatoms. The van der Waals surface area contributed by atoms with Crippen molar-refractivity contribution in [3.63, 3.8) is 0 Å². The van der Waals surface area contributed by atoms with Gasteiger partial charge in [0.2, 0.25) is 0 Å². The highest BCUT2D eigenvalue weighted by Crippen LogP contribution is 2.65. The van der Waals surface area contributed by atoms with E-state index in [0.717, 1.165) is 49.5 Å². The van der Waals surface area contributed by atoms with Crippen LogP contribution in [0, 0.1) is 34.5 Å². The average Bonchev–Trinajstić information content (AvgIpc) is 2.82. The zero-order valence-corrected chi connectivity index (χ0v) is 14.9. The van der Waals surface area contributed by atoms with E-state index in [2.05, 4.69) is 19.9 Å². The Morgan fingerprint density at radius 1 is 1.13 bits per heavy atom. The van der Waals surface area contributed by atoms with Gasteiger partial charge < -0.3 is 0 Å². The van der Waals surface area contributed by atoms with E-state index in [1.165, 1.54) is 19.3 Å². The summed E-state index contributed by atoms with van der Waals surface area (Å²) >= 11 is 0. The number of Topliss-reactive ketones (excluding diaryl/α,β-unsaturated/α-hetero) is 2. The lowest BCUT2D eigenvalue weighted by Crippen LogP contribution is -2.52. The lowest BCUT2D eigenvalue weighted by molar-refractivity contribution is -0.136. The van der Waals surface area contributed by atoms with Gasteiger partial charge in [-0.05, 0) is 86.5 Å². The molecular formula is C21H30O2. The fourth-order valence-corrected chi connectivity index (χ4v) is 6.94. The van der Waals surface area contributed by atoms with E-state index < -0.39 is 0 Å². The first-order chi connectivity index (χ1) is 10.9. The van der Waals surface area contributed by atoms with Crippen LogP contribution in [-0.4, -0.2) is 11.6 Å². The van der Waals surface area contributed by atoms with Crippen molar-refractivity contribution in [3.05, 3.63) is 11.6 Å². The Kier molecular flexibility index (Phi) is 3.42. The molecule has 0 bridgehead atoms. The molecule has 126 valence electrons. The molecule has 0 amide bonds. The predicted molar refractivity (Wildman–Crippen MR) is 90.9 cm³/mol. The lowest BCUT2D eigenvalue weighted by atomic mass is 9.45. The zero-order valence-electron chi connectivity index (χ0n) is 14.9. The molecule has 3 fully saturated rings. The Bertz CT molecular complexity index is 589. The maximum atomic E-state index is 12.4. The van der Waals surface area contributed by atoms with E-state index in [4.69, 9.17) is 0 Å². The summed E-state index contributed by atoms with van der Waals surface area (Å²) in [4.78, 5) is 24.2. The van der Waals surface area contributed by atoms with Gasteiger partial charge in [-0.15, -0.1) is 0 Å². The van der Waals surface area contributed by atoms with E-state index >= 15 is 0 Å². The zero-order chi connectivity index (χ0) is 16.4. The predicted octanol–water partition coefficient (Wildman–Crippen LogP) is 4.72. The first-order valence-electron chi connectivity index (χ1n) is 9.59. The average molecular weight is 314 g/mol. The minimum absolute atomic E-state index is 0.0145. The number of hydrogen-bond donors (Lipinski definition) is 0. The molecule has 0 aromatic rings. The Morgan fingerprint density at radius 3 is 2.65 bits per heavy atom. The van der Waals surface area contributed by atoms with Gasteiger partial charge in [0.25, 0.3) is 0 Å². The molecule has 0 spiro atoms. The molecule has 3 saturated carbocycles. The van der Waals surface area contributed by atoms with Crippen LogP contribution in [-0.2, 0) is 9.59 Å². The van der Waals surface area contributed by atoms with Gasteiger partial charge in [0, 0.05) is 11.8 Å². The smallest absolute Gasteiger partial charge is 0.155 e. The number of fused-ring (bicyclic) bond motifs is 5. The SMILES string of the molecule is CC(=O)C1=CC[C@@]2(C)[C@@H](CC[C@@H]3[C@@H]2CC[C@]2(C)C(=O)CC[C@@H]32)C1. The van der Waals surface area contributed by atoms with Crippen molar-refractivity contribution in [2.75, 3.05) is 0 Å². The summed E-state index contributed by atoms with van der Waals surface area (Å²) in [5.41, 5.74) is 1.41. The number of ketones is 2. The molecule has 0 aliphatic heterocycles. The van der Waals surface area contributed by atoms with Crippen LogP contribution in [0.4, 0.5) is 0 Å². The molecule has 0 unspecified atom stereocenters. The minimum atomic E-state index is -0.0145. The lowest BCUT2D eigenvalue weighted by Gasteiger charge is -2.59. The van der Waals surface area contributed by atoms with Crippen LogP contribution < -0.4 is 0 Å². The van der Waals surface area contributed by atoms with E-state index in [1.807, 2.05) is 0 Å². The molecule has 0 heterocycles. The van der Waals surface area contributed by atoms with Crippen LogP contribution in [0.2, 0.25) is 0 Å². The Labute approximate surface area is 140 Å². The monoisotopic (exact) mass is 314 g/mol. The molecule has 23 heavy (non-hydrogen) atoms. The summed E-state index contributed by atoms with van der Waals surface area (Å²) in [7, 11) is 0. The molecule has 0 saturated heterocycles. The quantitative estimate of drug-likeness (QED) is 0.701. The number of allylic oxidation sites excluding steroid dienone is 2. The van der Waals surface area contributed by atoms with E-state index in [9.17, 15) is 9.59 Å². The second kappa shape index (κ2) is 5.04. The summed E-state index contributed by atoms with van der Waals surface area (Å²) in [6.45, 7) is 6.46. The van der Waals surface area contributed by atoms with Crippen LogP contribution in [0.5, 0.6) is 0 Å². The summed E-state index contributed by atoms with van der Waals surface area (Å²) in [5, 5.41) is 0. The number of hydrogen-bond acceptors (Lipinski definition) is 2. The molecule has 0 N–H and O–H groups in total.